The first kappa shape index (κ1) is 11.8. The van der Waals surface area contributed by atoms with Gasteiger partial charge in [-0.05, 0) is 24.1 Å². The minimum absolute atomic E-state index is 0.134. The van der Waals surface area contributed by atoms with Gasteiger partial charge in [-0.1, -0.05) is 36.4 Å². The Labute approximate surface area is 109 Å². The zero-order valence-corrected chi connectivity index (χ0v) is 10.1. The van der Waals surface area contributed by atoms with E-state index in [0.29, 0.717) is 17.5 Å². The highest BCUT2D eigenvalue weighted by Crippen LogP contribution is 2.29. The SMILES string of the molecule is O=C1c2ccccc2C(=O)C1Cc1ccc(F)cc1. The molecule has 94 valence electrons. The molecule has 0 bridgehead atoms. The van der Waals surface area contributed by atoms with E-state index in [0.717, 1.165) is 5.56 Å². The highest BCUT2D eigenvalue weighted by molar-refractivity contribution is 6.26. The van der Waals surface area contributed by atoms with Crippen molar-refractivity contribution in [2.75, 3.05) is 0 Å². The third-order valence-electron chi connectivity index (χ3n) is 3.44. The maximum atomic E-state index is 12.8. The van der Waals surface area contributed by atoms with E-state index in [2.05, 4.69) is 0 Å². The van der Waals surface area contributed by atoms with Crippen molar-refractivity contribution in [3.8, 4) is 0 Å². The Morgan fingerprint density at radius 2 is 1.37 bits per heavy atom. The van der Waals surface area contributed by atoms with E-state index in [1.807, 2.05) is 0 Å². The minimum atomic E-state index is -0.664. The molecule has 2 aromatic carbocycles. The van der Waals surface area contributed by atoms with Crippen LogP contribution in [0.3, 0.4) is 0 Å². The summed E-state index contributed by atoms with van der Waals surface area (Å²) in [5.74, 6) is -1.26. The average molecular weight is 254 g/mol. The monoisotopic (exact) mass is 254 g/mol. The molecule has 0 fully saturated rings. The number of hydrogen-bond acceptors (Lipinski definition) is 2. The fourth-order valence-electron chi connectivity index (χ4n) is 2.45. The first-order valence-electron chi connectivity index (χ1n) is 6.09. The third kappa shape index (κ3) is 1.97. The fourth-order valence-corrected chi connectivity index (χ4v) is 2.45. The van der Waals surface area contributed by atoms with Crippen LogP contribution in [-0.4, -0.2) is 11.6 Å². The van der Waals surface area contributed by atoms with E-state index >= 15 is 0 Å². The number of carbonyl (C=O) groups is 2. The Hall–Kier alpha value is -2.29. The number of ketones is 2. The molecule has 2 aromatic rings. The molecule has 0 radical (unpaired) electrons. The minimum Gasteiger partial charge on any atom is -0.293 e. The topological polar surface area (TPSA) is 34.1 Å². The summed E-state index contributed by atoms with van der Waals surface area (Å²) in [5, 5.41) is 0. The molecule has 1 aliphatic carbocycles. The quantitative estimate of drug-likeness (QED) is 0.772. The molecule has 0 saturated carbocycles. The van der Waals surface area contributed by atoms with Crippen molar-refractivity contribution in [1.82, 2.24) is 0 Å². The zero-order valence-electron chi connectivity index (χ0n) is 10.1. The van der Waals surface area contributed by atoms with Crippen molar-refractivity contribution in [3.63, 3.8) is 0 Å². The summed E-state index contributed by atoms with van der Waals surface area (Å²) in [4.78, 5) is 24.4. The second-order valence-corrected chi connectivity index (χ2v) is 4.66. The van der Waals surface area contributed by atoms with E-state index < -0.39 is 5.92 Å². The summed E-state index contributed by atoms with van der Waals surface area (Å²) < 4.78 is 12.8. The molecule has 0 spiro atoms. The van der Waals surface area contributed by atoms with Gasteiger partial charge in [0.15, 0.2) is 11.6 Å². The van der Waals surface area contributed by atoms with Gasteiger partial charge in [0.1, 0.15) is 5.82 Å². The predicted octanol–water partition coefficient (Wildman–Crippen LogP) is 3.06. The first-order valence-corrected chi connectivity index (χ1v) is 6.09. The van der Waals surface area contributed by atoms with Crippen LogP contribution in [0.15, 0.2) is 48.5 Å². The van der Waals surface area contributed by atoms with Gasteiger partial charge in [0.2, 0.25) is 0 Å². The van der Waals surface area contributed by atoms with Crippen molar-refractivity contribution in [2.45, 2.75) is 6.42 Å². The second kappa shape index (κ2) is 4.43. The molecule has 0 saturated heterocycles. The Kier molecular flexibility index (Phi) is 2.75. The normalized spacial score (nSPS) is 14.8. The van der Waals surface area contributed by atoms with Crippen LogP contribution < -0.4 is 0 Å². The van der Waals surface area contributed by atoms with Gasteiger partial charge in [0, 0.05) is 11.1 Å². The van der Waals surface area contributed by atoms with Crippen molar-refractivity contribution in [1.29, 1.82) is 0 Å². The summed E-state index contributed by atoms with van der Waals surface area (Å²) in [6.07, 6.45) is 0.326. The molecule has 0 amide bonds. The Morgan fingerprint density at radius 1 is 0.842 bits per heavy atom. The van der Waals surface area contributed by atoms with E-state index in [1.54, 1.807) is 36.4 Å². The van der Waals surface area contributed by atoms with Gasteiger partial charge in [0.25, 0.3) is 0 Å². The highest BCUT2D eigenvalue weighted by atomic mass is 19.1. The van der Waals surface area contributed by atoms with Crippen molar-refractivity contribution in [3.05, 3.63) is 71.0 Å². The van der Waals surface area contributed by atoms with E-state index in [9.17, 15) is 14.0 Å². The lowest BCUT2D eigenvalue weighted by Gasteiger charge is -2.06. The lowest BCUT2D eigenvalue weighted by atomic mass is 9.95. The molecular formula is C16H11FO2. The van der Waals surface area contributed by atoms with Crippen LogP contribution in [0.5, 0.6) is 0 Å². The van der Waals surface area contributed by atoms with Crippen molar-refractivity contribution >= 4 is 11.6 Å². The van der Waals surface area contributed by atoms with E-state index in [1.165, 1.54) is 12.1 Å². The Balaban J connectivity index is 1.90. The largest absolute Gasteiger partial charge is 0.293 e. The first-order chi connectivity index (χ1) is 9.16. The van der Waals surface area contributed by atoms with Crippen LogP contribution >= 0.6 is 0 Å². The Bertz CT molecular complexity index is 624. The van der Waals surface area contributed by atoms with Crippen LogP contribution in [0.1, 0.15) is 26.3 Å². The third-order valence-corrected chi connectivity index (χ3v) is 3.44. The maximum absolute atomic E-state index is 12.8. The van der Waals surface area contributed by atoms with Gasteiger partial charge in [-0.15, -0.1) is 0 Å². The number of halogens is 1. The average Bonchev–Trinajstić information content (AvgIpc) is 2.67. The molecule has 0 aromatic heterocycles. The van der Waals surface area contributed by atoms with Crippen LogP contribution in [0.4, 0.5) is 4.39 Å². The summed E-state index contributed by atoms with van der Waals surface area (Å²) in [6, 6.07) is 12.8. The van der Waals surface area contributed by atoms with Gasteiger partial charge < -0.3 is 0 Å². The summed E-state index contributed by atoms with van der Waals surface area (Å²) in [6.45, 7) is 0. The van der Waals surface area contributed by atoms with Crippen molar-refractivity contribution in [2.24, 2.45) is 5.92 Å². The summed E-state index contributed by atoms with van der Waals surface area (Å²) in [5.41, 5.74) is 1.79. The van der Waals surface area contributed by atoms with E-state index in [-0.39, 0.29) is 17.4 Å². The van der Waals surface area contributed by atoms with Gasteiger partial charge in [-0.2, -0.15) is 0 Å². The van der Waals surface area contributed by atoms with Crippen LogP contribution in [0.2, 0.25) is 0 Å². The van der Waals surface area contributed by atoms with Crippen molar-refractivity contribution < 1.29 is 14.0 Å². The van der Waals surface area contributed by atoms with E-state index in [4.69, 9.17) is 0 Å². The van der Waals surface area contributed by atoms with Crippen LogP contribution in [0.25, 0.3) is 0 Å². The standard InChI is InChI=1S/C16H11FO2/c17-11-7-5-10(6-8-11)9-14-15(18)12-3-1-2-4-13(12)16(14)19/h1-8,14H,9H2. The van der Waals surface area contributed by atoms with Crippen LogP contribution in [-0.2, 0) is 6.42 Å². The lowest BCUT2D eigenvalue weighted by molar-refractivity contribution is 0.0838. The molecule has 0 heterocycles. The molecular weight excluding hydrogens is 243 g/mol. The number of carbonyl (C=O) groups excluding carboxylic acids is 2. The number of rotatable bonds is 2. The maximum Gasteiger partial charge on any atom is 0.174 e. The number of fused-ring (bicyclic) bond motifs is 1. The molecule has 3 rings (SSSR count). The van der Waals surface area contributed by atoms with Gasteiger partial charge in [-0.3, -0.25) is 9.59 Å². The van der Waals surface area contributed by atoms with Gasteiger partial charge in [-0.25, -0.2) is 4.39 Å². The smallest absolute Gasteiger partial charge is 0.174 e. The number of hydrogen-bond donors (Lipinski definition) is 0. The van der Waals surface area contributed by atoms with Gasteiger partial charge in [0.05, 0.1) is 5.92 Å². The molecule has 3 heteroatoms. The fraction of sp³-hybridized carbons (Fsp3) is 0.125. The lowest BCUT2D eigenvalue weighted by Crippen LogP contribution is -2.17. The molecule has 0 aliphatic heterocycles. The summed E-state index contributed by atoms with van der Waals surface area (Å²) in [7, 11) is 0. The molecule has 0 N–H and O–H groups in total. The van der Waals surface area contributed by atoms with Gasteiger partial charge >= 0.3 is 0 Å². The number of benzene rings is 2. The Morgan fingerprint density at radius 3 is 1.89 bits per heavy atom. The molecule has 1 aliphatic rings. The van der Waals surface area contributed by atoms with Crippen LogP contribution in [0, 0.1) is 11.7 Å². The highest BCUT2D eigenvalue weighted by Gasteiger charge is 2.37. The predicted molar refractivity (Wildman–Crippen MR) is 68.7 cm³/mol. The molecule has 0 unspecified atom stereocenters. The zero-order chi connectivity index (χ0) is 13.4. The molecule has 2 nitrogen and oxygen atoms in total. The molecule has 19 heavy (non-hydrogen) atoms. The second-order valence-electron chi connectivity index (χ2n) is 4.66. The molecule has 0 atom stereocenters. The number of Topliss-reactive ketones (excluding diaryl/α,β-unsaturated/α-hetero) is 2. The summed E-state index contributed by atoms with van der Waals surface area (Å²) >= 11 is 0.